The third-order valence-electron chi connectivity index (χ3n) is 3.50. The number of aromatic nitrogens is 1. The number of carbonyl (C=O) groups is 1. The molecule has 2 aromatic rings. The zero-order chi connectivity index (χ0) is 19.5. The molecule has 0 radical (unpaired) electrons. The van der Waals surface area contributed by atoms with Crippen LogP contribution in [0.25, 0.3) is 5.57 Å². The number of ether oxygens (including phenoxy) is 2. The number of pyridine rings is 1. The number of methoxy groups -OCH3 is 1. The highest BCUT2D eigenvalue weighted by molar-refractivity contribution is 8.22. The smallest absolute Gasteiger partial charge is 0.340 e. The van der Waals surface area contributed by atoms with Crippen molar-refractivity contribution in [3.63, 3.8) is 0 Å². The van der Waals surface area contributed by atoms with Crippen LogP contribution in [-0.4, -0.2) is 30.4 Å². The summed E-state index contributed by atoms with van der Waals surface area (Å²) in [5.41, 5.74) is 2.45. The number of esters is 1. The zero-order valence-corrected chi connectivity index (χ0v) is 17.1. The Balaban J connectivity index is 2.34. The standard InChI is InChI=1S/C21H23NO3S2/c1-4-13-26-21(27-15-16-8-10-18(24-3)11-9-16)19(20(23)25-5-2)17-7-6-12-22-14-17/h4,6-12,14H,1,5,13,15H2,2-3H3/b21-19+. The molecule has 0 spiro atoms. The maximum Gasteiger partial charge on any atom is 0.340 e. The molecule has 0 N–H and O–H groups in total. The average Bonchev–Trinajstić information content (AvgIpc) is 2.71. The summed E-state index contributed by atoms with van der Waals surface area (Å²) in [5.74, 6) is 1.92. The van der Waals surface area contributed by atoms with Gasteiger partial charge in [0.25, 0.3) is 0 Å². The molecule has 1 aromatic heterocycles. The third-order valence-corrected chi connectivity index (χ3v) is 6.01. The van der Waals surface area contributed by atoms with E-state index in [4.69, 9.17) is 9.47 Å². The van der Waals surface area contributed by atoms with E-state index in [1.807, 2.05) is 42.5 Å². The van der Waals surface area contributed by atoms with E-state index in [1.54, 1.807) is 50.0 Å². The lowest BCUT2D eigenvalue weighted by molar-refractivity contribution is -0.136. The molecule has 1 heterocycles. The molecule has 0 unspecified atom stereocenters. The first kappa shape index (κ1) is 21.1. The van der Waals surface area contributed by atoms with Crippen LogP contribution in [0.2, 0.25) is 0 Å². The molecule has 0 aliphatic heterocycles. The van der Waals surface area contributed by atoms with E-state index in [0.29, 0.717) is 17.9 Å². The fourth-order valence-corrected chi connectivity index (χ4v) is 4.39. The number of carbonyl (C=O) groups excluding carboxylic acids is 1. The van der Waals surface area contributed by atoms with Crippen LogP contribution < -0.4 is 4.74 Å². The summed E-state index contributed by atoms with van der Waals surface area (Å²) >= 11 is 3.19. The van der Waals surface area contributed by atoms with Gasteiger partial charge in [-0.1, -0.05) is 24.3 Å². The van der Waals surface area contributed by atoms with E-state index in [1.165, 1.54) is 0 Å². The Hall–Kier alpha value is -2.18. The summed E-state index contributed by atoms with van der Waals surface area (Å²) in [6.07, 6.45) is 5.20. The quantitative estimate of drug-likeness (QED) is 0.311. The Bertz CT molecular complexity index is 774. The monoisotopic (exact) mass is 401 g/mol. The van der Waals surface area contributed by atoms with Crippen molar-refractivity contribution in [2.24, 2.45) is 0 Å². The van der Waals surface area contributed by atoms with E-state index in [9.17, 15) is 4.79 Å². The van der Waals surface area contributed by atoms with E-state index >= 15 is 0 Å². The SMILES string of the molecule is C=CCS/C(SCc1ccc(OC)cc1)=C(\C(=O)OCC)c1cccnc1. The van der Waals surface area contributed by atoms with Gasteiger partial charge in [0.05, 0.1) is 23.5 Å². The molecule has 0 saturated carbocycles. The van der Waals surface area contributed by atoms with Crippen molar-refractivity contribution in [1.82, 2.24) is 4.98 Å². The normalized spacial score (nSPS) is 11.5. The third kappa shape index (κ3) is 6.48. The average molecular weight is 402 g/mol. The van der Waals surface area contributed by atoms with Gasteiger partial charge in [-0.25, -0.2) is 4.79 Å². The van der Waals surface area contributed by atoms with Crippen molar-refractivity contribution < 1.29 is 14.3 Å². The van der Waals surface area contributed by atoms with Crippen LogP contribution in [0.1, 0.15) is 18.1 Å². The summed E-state index contributed by atoms with van der Waals surface area (Å²) in [6.45, 7) is 5.92. The van der Waals surface area contributed by atoms with Crippen LogP contribution in [-0.2, 0) is 15.3 Å². The molecule has 1 aromatic carbocycles. The maximum absolute atomic E-state index is 12.7. The summed E-state index contributed by atoms with van der Waals surface area (Å²) in [6, 6.07) is 11.6. The molecular formula is C21H23NO3S2. The minimum Gasteiger partial charge on any atom is -0.497 e. The minimum atomic E-state index is -0.334. The second-order valence-electron chi connectivity index (χ2n) is 5.36. The number of thioether (sulfide) groups is 2. The Kier molecular flexibility index (Phi) is 9.01. The van der Waals surface area contributed by atoms with Gasteiger partial charge in [0, 0.05) is 29.5 Å². The summed E-state index contributed by atoms with van der Waals surface area (Å²) in [5, 5.41) is 0. The number of hydrogen-bond acceptors (Lipinski definition) is 6. The Morgan fingerprint density at radius 3 is 2.59 bits per heavy atom. The summed E-state index contributed by atoms with van der Waals surface area (Å²) in [7, 11) is 1.65. The first-order valence-corrected chi connectivity index (χ1v) is 10.5. The van der Waals surface area contributed by atoms with Crippen LogP contribution in [0, 0.1) is 0 Å². The molecule has 0 aliphatic carbocycles. The van der Waals surface area contributed by atoms with Crippen LogP contribution in [0.4, 0.5) is 0 Å². The number of benzene rings is 1. The van der Waals surface area contributed by atoms with E-state index in [2.05, 4.69) is 11.6 Å². The highest BCUT2D eigenvalue weighted by Gasteiger charge is 2.20. The summed E-state index contributed by atoms with van der Waals surface area (Å²) in [4.78, 5) is 16.8. The first-order valence-electron chi connectivity index (χ1n) is 8.50. The highest BCUT2D eigenvalue weighted by Crippen LogP contribution is 2.38. The van der Waals surface area contributed by atoms with Crippen molar-refractivity contribution in [2.45, 2.75) is 12.7 Å². The van der Waals surface area contributed by atoms with E-state index in [0.717, 1.165) is 26.9 Å². The molecule has 0 aliphatic rings. The molecular weight excluding hydrogens is 378 g/mol. The van der Waals surface area contributed by atoms with Crippen molar-refractivity contribution in [3.05, 3.63) is 76.8 Å². The van der Waals surface area contributed by atoms with Gasteiger partial charge >= 0.3 is 5.97 Å². The zero-order valence-electron chi connectivity index (χ0n) is 15.5. The maximum atomic E-state index is 12.7. The molecule has 6 heteroatoms. The van der Waals surface area contributed by atoms with Gasteiger partial charge in [-0.3, -0.25) is 4.98 Å². The van der Waals surface area contributed by atoms with Crippen LogP contribution >= 0.6 is 23.5 Å². The number of rotatable bonds is 10. The Morgan fingerprint density at radius 2 is 2.00 bits per heavy atom. The van der Waals surface area contributed by atoms with Gasteiger partial charge in [0.2, 0.25) is 0 Å². The highest BCUT2D eigenvalue weighted by atomic mass is 32.2. The van der Waals surface area contributed by atoms with Crippen molar-refractivity contribution in [1.29, 1.82) is 0 Å². The lowest BCUT2D eigenvalue weighted by Gasteiger charge is -2.14. The van der Waals surface area contributed by atoms with Gasteiger partial charge in [0.1, 0.15) is 5.75 Å². The fourth-order valence-electron chi connectivity index (χ4n) is 2.22. The second kappa shape index (κ2) is 11.5. The lowest BCUT2D eigenvalue weighted by atomic mass is 10.1. The van der Waals surface area contributed by atoms with Crippen molar-refractivity contribution in [2.75, 3.05) is 19.5 Å². The second-order valence-corrected chi connectivity index (χ2v) is 7.64. The lowest BCUT2D eigenvalue weighted by Crippen LogP contribution is -2.08. The topological polar surface area (TPSA) is 48.4 Å². The van der Waals surface area contributed by atoms with Crippen LogP contribution in [0.15, 0.2) is 65.7 Å². The van der Waals surface area contributed by atoms with Crippen molar-refractivity contribution >= 4 is 35.1 Å². The predicted molar refractivity (Wildman–Crippen MR) is 115 cm³/mol. The Morgan fingerprint density at radius 1 is 1.22 bits per heavy atom. The molecule has 0 saturated heterocycles. The van der Waals surface area contributed by atoms with E-state index in [-0.39, 0.29) is 5.97 Å². The van der Waals surface area contributed by atoms with Gasteiger partial charge in [-0.15, -0.1) is 30.1 Å². The summed E-state index contributed by atoms with van der Waals surface area (Å²) < 4.78 is 11.4. The molecule has 0 bridgehead atoms. The molecule has 0 atom stereocenters. The first-order chi connectivity index (χ1) is 13.2. The number of hydrogen-bond donors (Lipinski definition) is 0. The molecule has 2 rings (SSSR count). The van der Waals surface area contributed by atoms with E-state index < -0.39 is 0 Å². The van der Waals surface area contributed by atoms with Crippen LogP contribution in [0.5, 0.6) is 5.75 Å². The molecule has 0 amide bonds. The van der Waals surface area contributed by atoms with Crippen LogP contribution in [0.3, 0.4) is 0 Å². The molecule has 4 nitrogen and oxygen atoms in total. The predicted octanol–water partition coefficient (Wildman–Crippen LogP) is 5.17. The fraction of sp³-hybridized carbons (Fsp3) is 0.238. The van der Waals surface area contributed by atoms with Gasteiger partial charge in [0.15, 0.2) is 0 Å². The Labute approximate surface area is 169 Å². The molecule has 27 heavy (non-hydrogen) atoms. The molecule has 142 valence electrons. The number of nitrogens with zero attached hydrogens (tertiary/aromatic N) is 1. The van der Waals surface area contributed by atoms with Gasteiger partial charge < -0.3 is 9.47 Å². The molecule has 0 fully saturated rings. The van der Waals surface area contributed by atoms with Crippen molar-refractivity contribution in [3.8, 4) is 5.75 Å². The van der Waals surface area contributed by atoms with Gasteiger partial charge in [-0.05, 0) is 30.7 Å². The van der Waals surface area contributed by atoms with Gasteiger partial charge in [-0.2, -0.15) is 0 Å². The largest absolute Gasteiger partial charge is 0.497 e. The minimum absolute atomic E-state index is 0.325.